The van der Waals surface area contributed by atoms with Gasteiger partial charge in [-0.25, -0.2) is 0 Å². The van der Waals surface area contributed by atoms with Crippen LogP contribution in [0.3, 0.4) is 0 Å². The molecular weight excluding hydrogens is 219 g/mol. The fraction of sp³-hybridized carbons (Fsp3) is 0.857. The van der Waals surface area contributed by atoms with Crippen LogP contribution in [-0.2, 0) is 0 Å². The van der Waals surface area contributed by atoms with Gasteiger partial charge in [0.1, 0.15) is 0 Å². The molecule has 0 aromatic rings. The third kappa shape index (κ3) is 5.73. The third-order valence-corrected chi connectivity index (χ3v) is 2.23. The predicted molar refractivity (Wildman–Crippen MR) is 44.0 cm³/mol. The van der Waals surface area contributed by atoms with Crippen LogP contribution in [0.1, 0.15) is 6.42 Å². The summed E-state index contributed by atoms with van der Waals surface area (Å²) < 4.78 is 35.6. The number of likely N-dealkylation sites (tertiary alicyclic amines) is 1. The molecule has 1 unspecified atom stereocenters. The molecule has 7 heteroatoms. The Morgan fingerprint density at radius 1 is 1.43 bits per heavy atom. The van der Waals surface area contributed by atoms with Crippen molar-refractivity contribution in [1.29, 1.82) is 5.26 Å². The van der Waals surface area contributed by atoms with Gasteiger partial charge in [0.05, 0.1) is 12.0 Å². The Balaban J connectivity index is 0.00000169. The molecule has 1 rings (SSSR count). The summed E-state index contributed by atoms with van der Waals surface area (Å²) in [6, 6.07) is 2.07. The van der Waals surface area contributed by atoms with Gasteiger partial charge < -0.3 is 17.8 Å². The second-order valence-electron chi connectivity index (χ2n) is 3.41. The normalized spacial score (nSPS) is 22.9. The van der Waals surface area contributed by atoms with Crippen molar-refractivity contribution in [3.8, 4) is 6.07 Å². The summed E-state index contributed by atoms with van der Waals surface area (Å²) >= 11 is 0. The van der Waals surface area contributed by atoms with Crippen LogP contribution in [0.25, 0.3) is 0 Å². The van der Waals surface area contributed by atoms with Gasteiger partial charge in [0.2, 0.25) is 0 Å². The fourth-order valence-corrected chi connectivity index (χ4v) is 1.47. The summed E-state index contributed by atoms with van der Waals surface area (Å²) in [6.07, 6.45) is -0.000490. The molecule has 0 saturated carbocycles. The third-order valence-electron chi connectivity index (χ3n) is 2.23. The van der Waals surface area contributed by atoms with E-state index in [0.717, 1.165) is 0 Å². The van der Waals surface area contributed by atoms with Crippen LogP contribution in [0.2, 0.25) is 6.32 Å². The first-order chi connectivity index (χ1) is 6.01. The van der Waals surface area contributed by atoms with Gasteiger partial charge in [-0.2, -0.15) is 5.26 Å². The van der Waals surface area contributed by atoms with E-state index in [4.69, 9.17) is 5.26 Å². The summed E-state index contributed by atoms with van der Waals surface area (Å²) in [5.74, 6) is -0.0688. The van der Waals surface area contributed by atoms with E-state index in [-0.39, 0.29) is 63.8 Å². The molecule has 74 valence electrons. The molecular formula is C7H11BF3KN2. The monoisotopic (exact) mass is 230 g/mol. The number of rotatable bonds is 3. The van der Waals surface area contributed by atoms with Crippen molar-refractivity contribution in [2.45, 2.75) is 12.7 Å². The Morgan fingerprint density at radius 2 is 2.07 bits per heavy atom. The first-order valence-electron chi connectivity index (χ1n) is 4.34. The molecule has 1 atom stereocenters. The smallest absolute Gasteiger partial charge is 0.449 e. The van der Waals surface area contributed by atoms with Crippen LogP contribution < -0.4 is 51.4 Å². The molecule has 1 saturated heterocycles. The molecule has 0 aromatic carbocycles. The zero-order chi connectivity index (χ0) is 9.90. The Labute approximate surface area is 124 Å². The number of nitrogens with zero attached hydrogens (tertiary/aromatic N) is 2. The zero-order valence-electron chi connectivity index (χ0n) is 8.22. The molecule has 2 nitrogen and oxygen atoms in total. The maximum Gasteiger partial charge on any atom is 1.00 e. The Hall–Kier alpha value is 0.941. The number of halogens is 3. The Morgan fingerprint density at radius 3 is 2.50 bits per heavy atom. The van der Waals surface area contributed by atoms with E-state index in [1.165, 1.54) is 0 Å². The van der Waals surface area contributed by atoms with Crippen molar-refractivity contribution >= 4 is 6.98 Å². The second-order valence-corrected chi connectivity index (χ2v) is 3.41. The Bertz CT molecular complexity index is 216. The molecule has 1 fully saturated rings. The minimum absolute atomic E-state index is 0. The average Bonchev–Trinajstić information content (AvgIpc) is 2.47. The number of nitriles is 1. The fourth-order valence-electron chi connectivity index (χ4n) is 1.47. The molecule has 14 heavy (non-hydrogen) atoms. The van der Waals surface area contributed by atoms with E-state index in [2.05, 4.69) is 6.07 Å². The topological polar surface area (TPSA) is 27.0 Å². The quantitative estimate of drug-likeness (QED) is 0.562. The number of hydrogen-bond donors (Lipinski definition) is 0. The van der Waals surface area contributed by atoms with Crippen LogP contribution in [0, 0.1) is 17.2 Å². The molecule has 0 aliphatic carbocycles. The van der Waals surface area contributed by atoms with E-state index in [0.29, 0.717) is 19.5 Å². The summed E-state index contributed by atoms with van der Waals surface area (Å²) in [7, 11) is 0. The van der Waals surface area contributed by atoms with E-state index >= 15 is 0 Å². The van der Waals surface area contributed by atoms with E-state index in [9.17, 15) is 12.9 Å². The molecule has 1 heterocycles. The van der Waals surface area contributed by atoms with Gasteiger partial charge in [0.15, 0.2) is 0 Å². The second kappa shape index (κ2) is 6.51. The van der Waals surface area contributed by atoms with Gasteiger partial charge in [0, 0.05) is 6.54 Å². The van der Waals surface area contributed by atoms with Gasteiger partial charge in [-0.3, -0.25) is 0 Å². The summed E-state index contributed by atoms with van der Waals surface area (Å²) in [6.45, 7) is -3.48. The van der Waals surface area contributed by atoms with Crippen molar-refractivity contribution in [1.82, 2.24) is 4.90 Å². The van der Waals surface area contributed by atoms with E-state index < -0.39 is 13.3 Å². The van der Waals surface area contributed by atoms with Crippen LogP contribution in [0.5, 0.6) is 0 Å². The van der Waals surface area contributed by atoms with E-state index in [1.54, 1.807) is 4.90 Å². The van der Waals surface area contributed by atoms with Gasteiger partial charge in [-0.05, 0) is 19.5 Å². The minimum Gasteiger partial charge on any atom is -0.449 e. The standard InChI is InChI=1S/C7H11BF3N2.K/c9-8(10,11)2-4-13-3-1-7(5-12)6-13;/h7H,1-4,6H2;/q-1;+1. The maximum absolute atomic E-state index is 11.9. The van der Waals surface area contributed by atoms with Gasteiger partial charge in [-0.15, -0.1) is 0 Å². The molecule has 0 spiro atoms. The molecule has 0 bridgehead atoms. The summed E-state index contributed by atoms with van der Waals surface area (Å²) in [5, 5.41) is 8.52. The molecule has 0 radical (unpaired) electrons. The van der Waals surface area contributed by atoms with Crippen molar-refractivity contribution in [2.75, 3.05) is 19.6 Å². The predicted octanol–water partition coefficient (Wildman–Crippen LogP) is -1.32. The van der Waals surface area contributed by atoms with Gasteiger partial charge in [-0.1, -0.05) is 6.32 Å². The Kier molecular flexibility index (Phi) is 6.95. The van der Waals surface area contributed by atoms with Gasteiger partial charge >= 0.3 is 58.4 Å². The first-order valence-corrected chi connectivity index (χ1v) is 4.34. The van der Waals surface area contributed by atoms with Crippen LogP contribution >= 0.6 is 0 Å². The summed E-state index contributed by atoms with van der Waals surface area (Å²) in [4.78, 5) is 1.71. The molecule has 1 aliphatic heterocycles. The average molecular weight is 230 g/mol. The molecule has 0 amide bonds. The van der Waals surface area contributed by atoms with Crippen molar-refractivity contribution in [2.24, 2.45) is 5.92 Å². The maximum atomic E-state index is 11.9. The van der Waals surface area contributed by atoms with Crippen LogP contribution in [-0.4, -0.2) is 31.5 Å². The molecule has 1 aliphatic rings. The zero-order valence-corrected chi connectivity index (χ0v) is 11.3. The first kappa shape index (κ1) is 14.9. The largest absolute Gasteiger partial charge is 1.00 e. The number of hydrogen-bond acceptors (Lipinski definition) is 2. The SMILES string of the molecule is N#CC1CCN(CC[B-](F)(F)F)C1.[K+]. The van der Waals surface area contributed by atoms with Crippen molar-refractivity contribution < 1.29 is 64.3 Å². The van der Waals surface area contributed by atoms with Crippen LogP contribution in [0.15, 0.2) is 0 Å². The summed E-state index contributed by atoms with van der Waals surface area (Å²) in [5.41, 5.74) is 0. The van der Waals surface area contributed by atoms with Crippen LogP contribution in [0.4, 0.5) is 12.9 Å². The van der Waals surface area contributed by atoms with Crippen molar-refractivity contribution in [3.63, 3.8) is 0 Å². The van der Waals surface area contributed by atoms with Crippen molar-refractivity contribution in [3.05, 3.63) is 0 Å². The van der Waals surface area contributed by atoms with Gasteiger partial charge in [0.25, 0.3) is 0 Å². The molecule has 0 aromatic heterocycles. The van der Waals surface area contributed by atoms with E-state index in [1.807, 2.05) is 0 Å². The minimum atomic E-state index is -4.66. The molecule has 0 N–H and O–H groups in total.